The van der Waals surface area contributed by atoms with Crippen molar-refractivity contribution < 1.29 is 14.3 Å². The molecule has 1 saturated carbocycles. The fourth-order valence-electron chi connectivity index (χ4n) is 2.24. The molecule has 1 unspecified atom stereocenters. The van der Waals surface area contributed by atoms with Gasteiger partial charge in [0.1, 0.15) is 0 Å². The Hall–Kier alpha value is -1.75. The van der Waals surface area contributed by atoms with Crippen molar-refractivity contribution in [1.29, 1.82) is 0 Å². The van der Waals surface area contributed by atoms with Gasteiger partial charge >= 0.3 is 0 Å². The summed E-state index contributed by atoms with van der Waals surface area (Å²) in [6.07, 6.45) is 3.13. The van der Waals surface area contributed by atoms with Crippen molar-refractivity contribution in [3.8, 4) is 11.5 Å². The van der Waals surface area contributed by atoms with E-state index in [9.17, 15) is 4.79 Å². The van der Waals surface area contributed by atoms with Crippen molar-refractivity contribution in [1.82, 2.24) is 10.6 Å². The van der Waals surface area contributed by atoms with Crippen LogP contribution in [0.15, 0.2) is 18.2 Å². The normalized spacial score (nSPS) is 18.7. The summed E-state index contributed by atoms with van der Waals surface area (Å²) in [4.78, 5) is 11.9. The lowest BCUT2D eigenvalue weighted by Crippen LogP contribution is -2.42. The van der Waals surface area contributed by atoms with Crippen LogP contribution in [0.3, 0.4) is 0 Å². The molecule has 1 aliphatic heterocycles. The molecular weight excluding hydrogens is 268 g/mol. The topological polar surface area (TPSA) is 59.6 Å². The van der Waals surface area contributed by atoms with Crippen LogP contribution in [0.2, 0.25) is 0 Å². The van der Waals surface area contributed by atoms with Crippen LogP contribution in [0, 0.1) is 0 Å². The molecule has 114 valence electrons. The van der Waals surface area contributed by atoms with Crippen LogP contribution in [0.1, 0.15) is 31.7 Å². The fraction of sp³-hybridized carbons (Fsp3) is 0.562. The molecule has 1 atom stereocenters. The largest absolute Gasteiger partial charge is 0.490 e. The molecule has 5 heteroatoms. The lowest BCUT2D eigenvalue weighted by Gasteiger charge is -2.15. The molecule has 1 fully saturated rings. The maximum Gasteiger partial charge on any atom is 0.237 e. The predicted molar refractivity (Wildman–Crippen MR) is 79.5 cm³/mol. The Kier molecular flexibility index (Phi) is 4.29. The molecule has 5 nitrogen and oxygen atoms in total. The number of amides is 1. The number of benzene rings is 1. The Morgan fingerprint density at radius 1 is 1.29 bits per heavy atom. The van der Waals surface area contributed by atoms with Gasteiger partial charge in [0, 0.05) is 19.0 Å². The second-order valence-electron chi connectivity index (χ2n) is 5.72. The third-order valence-corrected chi connectivity index (χ3v) is 3.74. The molecule has 21 heavy (non-hydrogen) atoms. The zero-order chi connectivity index (χ0) is 14.7. The molecule has 0 spiro atoms. The van der Waals surface area contributed by atoms with E-state index in [4.69, 9.17) is 9.47 Å². The predicted octanol–water partition coefficient (Wildman–Crippen LogP) is 1.60. The van der Waals surface area contributed by atoms with Gasteiger partial charge in [0.25, 0.3) is 0 Å². The number of carbonyl (C=O) groups is 1. The van der Waals surface area contributed by atoms with Gasteiger partial charge in [-0.25, -0.2) is 0 Å². The molecule has 3 rings (SSSR count). The molecule has 0 bridgehead atoms. The van der Waals surface area contributed by atoms with E-state index in [0.29, 0.717) is 25.8 Å². The van der Waals surface area contributed by atoms with Crippen LogP contribution in [-0.2, 0) is 11.3 Å². The smallest absolute Gasteiger partial charge is 0.237 e. The van der Waals surface area contributed by atoms with E-state index >= 15 is 0 Å². The van der Waals surface area contributed by atoms with E-state index in [0.717, 1.165) is 36.3 Å². The van der Waals surface area contributed by atoms with Crippen LogP contribution in [0.25, 0.3) is 0 Å². The molecule has 1 aromatic carbocycles. The van der Waals surface area contributed by atoms with Gasteiger partial charge in [-0.1, -0.05) is 6.07 Å². The minimum atomic E-state index is -0.193. The van der Waals surface area contributed by atoms with E-state index in [1.165, 1.54) is 0 Å². The third kappa shape index (κ3) is 3.88. The zero-order valence-electron chi connectivity index (χ0n) is 12.4. The first kappa shape index (κ1) is 14.2. The van der Waals surface area contributed by atoms with Gasteiger partial charge in [-0.2, -0.15) is 0 Å². The number of rotatable bonds is 5. The Bertz CT molecular complexity index is 514. The monoisotopic (exact) mass is 290 g/mol. The number of carbonyl (C=O) groups excluding carboxylic acids is 1. The average Bonchev–Trinajstić information content (AvgIpc) is 3.30. The van der Waals surface area contributed by atoms with Crippen molar-refractivity contribution in [2.75, 3.05) is 13.2 Å². The minimum Gasteiger partial charge on any atom is -0.490 e. The zero-order valence-corrected chi connectivity index (χ0v) is 12.4. The molecule has 1 amide bonds. The Labute approximate surface area is 125 Å². The molecule has 1 heterocycles. The van der Waals surface area contributed by atoms with Gasteiger partial charge in [0.05, 0.1) is 19.3 Å². The van der Waals surface area contributed by atoms with Gasteiger partial charge in [0.2, 0.25) is 5.91 Å². The SMILES string of the molecule is CC(NCc1ccc2c(c1)OCCCO2)C(=O)NC1CC1. The standard InChI is InChI=1S/C16H22N2O3/c1-11(16(19)18-13-4-5-13)17-10-12-3-6-14-15(9-12)21-8-2-7-20-14/h3,6,9,11,13,17H,2,4-5,7-8,10H2,1H3,(H,18,19). The van der Waals surface area contributed by atoms with Gasteiger partial charge in [-0.15, -0.1) is 0 Å². The molecule has 0 aromatic heterocycles. The summed E-state index contributed by atoms with van der Waals surface area (Å²) < 4.78 is 11.3. The van der Waals surface area contributed by atoms with Gasteiger partial charge < -0.3 is 20.1 Å². The lowest BCUT2D eigenvalue weighted by molar-refractivity contribution is -0.122. The number of nitrogens with one attached hydrogen (secondary N) is 2. The summed E-state index contributed by atoms with van der Waals surface area (Å²) in [7, 11) is 0. The van der Waals surface area contributed by atoms with Crippen LogP contribution in [0.4, 0.5) is 0 Å². The molecule has 0 saturated heterocycles. The number of fused-ring (bicyclic) bond motifs is 1. The number of hydrogen-bond acceptors (Lipinski definition) is 4. The summed E-state index contributed by atoms with van der Waals surface area (Å²) in [6.45, 7) is 3.91. The summed E-state index contributed by atoms with van der Waals surface area (Å²) in [5.74, 6) is 1.67. The second kappa shape index (κ2) is 6.35. The van der Waals surface area contributed by atoms with E-state index in [2.05, 4.69) is 10.6 Å². The molecule has 2 aliphatic rings. The first-order chi connectivity index (χ1) is 10.2. The number of ether oxygens (including phenoxy) is 2. The second-order valence-corrected chi connectivity index (χ2v) is 5.72. The van der Waals surface area contributed by atoms with Gasteiger partial charge in [-0.05, 0) is 37.5 Å². The molecule has 1 aliphatic carbocycles. The maximum atomic E-state index is 11.9. The van der Waals surface area contributed by atoms with Gasteiger partial charge in [0.15, 0.2) is 11.5 Å². The Morgan fingerprint density at radius 2 is 2.05 bits per heavy atom. The first-order valence-corrected chi connectivity index (χ1v) is 7.64. The first-order valence-electron chi connectivity index (χ1n) is 7.64. The van der Waals surface area contributed by atoms with Gasteiger partial charge in [-0.3, -0.25) is 4.79 Å². The minimum absolute atomic E-state index is 0.0758. The molecule has 1 aromatic rings. The average molecular weight is 290 g/mol. The summed E-state index contributed by atoms with van der Waals surface area (Å²) in [5.41, 5.74) is 1.09. The van der Waals surface area contributed by atoms with Crippen molar-refractivity contribution in [2.24, 2.45) is 0 Å². The molecule has 0 radical (unpaired) electrons. The van der Waals surface area contributed by atoms with Crippen LogP contribution >= 0.6 is 0 Å². The number of hydrogen-bond donors (Lipinski definition) is 2. The lowest BCUT2D eigenvalue weighted by atomic mass is 10.2. The van der Waals surface area contributed by atoms with E-state index in [-0.39, 0.29) is 11.9 Å². The highest BCUT2D eigenvalue weighted by atomic mass is 16.5. The highest BCUT2D eigenvalue weighted by Gasteiger charge is 2.25. The van der Waals surface area contributed by atoms with Crippen molar-refractivity contribution in [3.05, 3.63) is 23.8 Å². The van der Waals surface area contributed by atoms with E-state index in [1.54, 1.807) is 0 Å². The highest BCUT2D eigenvalue weighted by Crippen LogP contribution is 2.30. The quantitative estimate of drug-likeness (QED) is 0.865. The third-order valence-electron chi connectivity index (χ3n) is 3.74. The molecule has 2 N–H and O–H groups in total. The summed E-state index contributed by atoms with van der Waals surface area (Å²) in [5, 5.41) is 6.25. The maximum absolute atomic E-state index is 11.9. The van der Waals surface area contributed by atoms with Crippen LogP contribution in [0.5, 0.6) is 11.5 Å². The van der Waals surface area contributed by atoms with Crippen molar-refractivity contribution in [2.45, 2.75) is 44.8 Å². The van der Waals surface area contributed by atoms with Crippen molar-refractivity contribution >= 4 is 5.91 Å². The Morgan fingerprint density at radius 3 is 2.81 bits per heavy atom. The highest BCUT2D eigenvalue weighted by molar-refractivity contribution is 5.81. The van der Waals surface area contributed by atoms with E-state index < -0.39 is 0 Å². The van der Waals surface area contributed by atoms with Crippen LogP contribution < -0.4 is 20.1 Å². The van der Waals surface area contributed by atoms with Crippen molar-refractivity contribution in [3.63, 3.8) is 0 Å². The summed E-state index contributed by atoms with van der Waals surface area (Å²) >= 11 is 0. The fourth-order valence-corrected chi connectivity index (χ4v) is 2.24. The molecular formula is C16H22N2O3. The summed E-state index contributed by atoms with van der Waals surface area (Å²) in [6, 6.07) is 6.14. The van der Waals surface area contributed by atoms with Crippen LogP contribution in [-0.4, -0.2) is 31.2 Å². The van der Waals surface area contributed by atoms with E-state index in [1.807, 2.05) is 25.1 Å². The Balaban J connectivity index is 1.54.